The summed E-state index contributed by atoms with van der Waals surface area (Å²) >= 11 is 1.66. The van der Waals surface area contributed by atoms with Gasteiger partial charge in [-0.15, -0.1) is 11.3 Å². The topological polar surface area (TPSA) is 34.6 Å². The molecule has 2 aromatic carbocycles. The third-order valence-electron chi connectivity index (χ3n) is 5.47. The number of thiazole rings is 1. The van der Waals surface area contributed by atoms with Crippen molar-refractivity contribution < 1.29 is 9.47 Å². The maximum absolute atomic E-state index is 5.54. The molecule has 5 heteroatoms. The van der Waals surface area contributed by atoms with Crippen LogP contribution in [0.1, 0.15) is 35.7 Å². The zero-order valence-corrected chi connectivity index (χ0v) is 17.5. The van der Waals surface area contributed by atoms with Crippen molar-refractivity contribution in [3.8, 4) is 22.1 Å². The first-order valence-corrected chi connectivity index (χ1v) is 10.5. The van der Waals surface area contributed by atoms with Gasteiger partial charge in [0.2, 0.25) is 0 Å². The number of aromatic nitrogens is 1. The van der Waals surface area contributed by atoms with Crippen LogP contribution in [0.3, 0.4) is 0 Å². The van der Waals surface area contributed by atoms with E-state index in [2.05, 4.69) is 41.6 Å². The van der Waals surface area contributed by atoms with Crippen molar-refractivity contribution in [1.29, 1.82) is 0 Å². The number of rotatable bonds is 6. The van der Waals surface area contributed by atoms with Crippen molar-refractivity contribution in [2.24, 2.45) is 0 Å². The van der Waals surface area contributed by atoms with E-state index in [9.17, 15) is 0 Å². The van der Waals surface area contributed by atoms with Gasteiger partial charge in [-0.25, -0.2) is 4.98 Å². The van der Waals surface area contributed by atoms with Crippen molar-refractivity contribution in [2.75, 3.05) is 21.3 Å². The van der Waals surface area contributed by atoms with E-state index in [1.54, 1.807) is 25.6 Å². The second-order valence-electron chi connectivity index (χ2n) is 7.23. The number of fused-ring (bicyclic) bond motifs is 1. The molecule has 0 aliphatic heterocycles. The number of nitrogens with zero attached hydrogens (tertiary/aromatic N) is 2. The molecule has 1 heterocycles. The lowest BCUT2D eigenvalue weighted by atomic mass is 9.87. The molecule has 4 rings (SSSR count). The summed E-state index contributed by atoms with van der Waals surface area (Å²) in [7, 11) is 5.55. The number of ether oxygens (including phenoxy) is 2. The molecule has 0 bridgehead atoms. The van der Waals surface area contributed by atoms with E-state index in [0.717, 1.165) is 34.3 Å². The lowest BCUT2D eigenvalue weighted by Gasteiger charge is -2.32. The van der Waals surface area contributed by atoms with Gasteiger partial charge in [-0.05, 0) is 49.6 Å². The van der Waals surface area contributed by atoms with Crippen molar-refractivity contribution in [3.05, 3.63) is 64.7 Å². The van der Waals surface area contributed by atoms with E-state index in [1.165, 1.54) is 30.4 Å². The van der Waals surface area contributed by atoms with Gasteiger partial charge in [-0.1, -0.05) is 24.3 Å². The Morgan fingerprint density at radius 1 is 1.14 bits per heavy atom. The highest BCUT2D eigenvalue weighted by molar-refractivity contribution is 7.13. The van der Waals surface area contributed by atoms with Gasteiger partial charge in [0.15, 0.2) is 0 Å². The molecule has 1 aliphatic rings. The van der Waals surface area contributed by atoms with Crippen LogP contribution >= 0.6 is 11.3 Å². The number of benzene rings is 2. The van der Waals surface area contributed by atoms with E-state index in [1.807, 2.05) is 18.2 Å². The van der Waals surface area contributed by atoms with Crippen LogP contribution in [0.4, 0.5) is 0 Å². The summed E-state index contributed by atoms with van der Waals surface area (Å²) in [5, 5.41) is 3.14. The quantitative estimate of drug-likeness (QED) is 0.565. The third kappa shape index (κ3) is 3.77. The SMILES string of the molecule is COc1ccc(-c2nc(CN(C)[C@H]3CCCc4ccccc43)cs2)c(OC)c1. The number of hydrogen-bond acceptors (Lipinski definition) is 5. The van der Waals surface area contributed by atoms with E-state index >= 15 is 0 Å². The molecule has 3 aromatic rings. The number of aryl methyl sites for hydroxylation is 1. The normalized spacial score (nSPS) is 16.1. The first-order valence-electron chi connectivity index (χ1n) is 9.64. The predicted octanol–water partition coefficient (Wildman–Crippen LogP) is 5.34. The Morgan fingerprint density at radius 2 is 2.00 bits per heavy atom. The van der Waals surface area contributed by atoms with Gasteiger partial charge in [0.1, 0.15) is 16.5 Å². The van der Waals surface area contributed by atoms with Crippen LogP contribution in [0.25, 0.3) is 10.6 Å². The van der Waals surface area contributed by atoms with E-state index < -0.39 is 0 Å². The first kappa shape index (κ1) is 19.0. The Morgan fingerprint density at radius 3 is 2.82 bits per heavy atom. The summed E-state index contributed by atoms with van der Waals surface area (Å²) < 4.78 is 10.8. The second kappa shape index (κ2) is 8.33. The molecule has 0 radical (unpaired) electrons. The fraction of sp³-hybridized carbons (Fsp3) is 0.348. The first-order chi connectivity index (χ1) is 13.7. The Kier molecular flexibility index (Phi) is 5.64. The van der Waals surface area contributed by atoms with Gasteiger partial charge >= 0.3 is 0 Å². The summed E-state index contributed by atoms with van der Waals surface area (Å²) in [5.41, 5.74) is 5.07. The van der Waals surface area contributed by atoms with Crippen LogP contribution in [0.15, 0.2) is 47.8 Å². The summed E-state index contributed by atoms with van der Waals surface area (Å²) in [5.74, 6) is 1.57. The predicted molar refractivity (Wildman–Crippen MR) is 114 cm³/mol. The molecular formula is C23H26N2O2S. The Balaban J connectivity index is 1.53. The van der Waals surface area contributed by atoms with Crippen LogP contribution in [0, 0.1) is 0 Å². The van der Waals surface area contributed by atoms with Gasteiger partial charge in [0.25, 0.3) is 0 Å². The van der Waals surface area contributed by atoms with E-state index in [4.69, 9.17) is 14.5 Å². The van der Waals surface area contributed by atoms with Gasteiger partial charge in [-0.2, -0.15) is 0 Å². The minimum atomic E-state index is 0.464. The van der Waals surface area contributed by atoms with Crippen LogP contribution in [-0.4, -0.2) is 31.2 Å². The summed E-state index contributed by atoms with van der Waals surface area (Å²) in [6, 6.07) is 15.2. The van der Waals surface area contributed by atoms with Crippen molar-refractivity contribution >= 4 is 11.3 Å². The minimum Gasteiger partial charge on any atom is -0.497 e. The van der Waals surface area contributed by atoms with E-state index in [0.29, 0.717) is 6.04 Å². The maximum atomic E-state index is 5.54. The standard InChI is InChI=1S/C23H26N2O2S/c1-25(21-10-6-8-16-7-4-5-9-19(16)21)14-17-15-28-23(24-17)20-12-11-18(26-2)13-22(20)27-3/h4-5,7,9,11-13,15,21H,6,8,10,14H2,1-3H3/t21-/m0/s1. The van der Waals surface area contributed by atoms with Crippen molar-refractivity contribution in [3.63, 3.8) is 0 Å². The molecule has 0 saturated carbocycles. The molecular weight excluding hydrogens is 368 g/mol. The lowest BCUT2D eigenvalue weighted by molar-refractivity contribution is 0.211. The summed E-state index contributed by atoms with van der Waals surface area (Å²) in [6.45, 7) is 0.841. The second-order valence-corrected chi connectivity index (χ2v) is 8.09. The lowest BCUT2D eigenvalue weighted by Crippen LogP contribution is -2.27. The van der Waals surface area contributed by atoms with Gasteiger partial charge < -0.3 is 9.47 Å². The smallest absolute Gasteiger partial charge is 0.132 e. The van der Waals surface area contributed by atoms with Crippen molar-refractivity contribution in [1.82, 2.24) is 9.88 Å². The largest absolute Gasteiger partial charge is 0.497 e. The molecule has 1 atom stereocenters. The Hall–Kier alpha value is -2.37. The number of methoxy groups -OCH3 is 2. The molecule has 0 amide bonds. The highest BCUT2D eigenvalue weighted by Gasteiger charge is 2.24. The molecule has 1 aliphatic carbocycles. The molecule has 146 valence electrons. The Bertz CT molecular complexity index is 953. The van der Waals surface area contributed by atoms with Gasteiger partial charge in [0, 0.05) is 24.0 Å². The fourth-order valence-electron chi connectivity index (χ4n) is 4.03. The molecule has 0 N–H and O–H groups in total. The zero-order valence-electron chi connectivity index (χ0n) is 16.6. The molecule has 0 unspecified atom stereocenters. The molecule has 0 saturated heterocycles. The van der Waals surface area contributed by atoms with E-state index in [-0.39, 0.29) is 0 Å². The van der Waals surface area contributed by atoms with Gasteiger partial charge in [0.05, 0.1) is 25.5 Å². The average Bonchev–Trinajstić information content (AvgIpc) is 3.20. The molecule has 0 fully saturated rings. The van der Waals surface area contributed by atoms with Crippen LogP contribution < -0.4 is 9.47 Å². The monoisotopic (exact) mass is 394 g/mol. The molecule has 28 heavy (non-hydrogen) atoms. The molecule has 0 spiro atoms. The third-order valence-corrected chi connectivity index (χ3v) is 6.40. The summed E-state index contributed by atoms with van der Waals surface area (Å²) in [4.78, 5) is 7.32. The van der Waals surface area contributed by atoms with Crippen LogP contribution in [0.5, 0.6) is 11.5 Å². The highest BCUT2D eigenvalue weighted by Crippen LogP contribution is 2.37. The Labute approximate surface area is 170 Å². The van der Waals surface area contributed by atoms with Crippen molar-refractivity contribution in [2.45, 2.75) is 31.8 Å². The fourth-order valence-corrected chi connectivity index (χ4v) is 4.87. The highest BCUT2D eigenvalue weighted by atomic mass is 32.1. The van der Waals surface area contributed by atoms with Crippen LogP contribution in [0.2, 0.25) is 0 Å². The maximum Gasteiger partial charge on any atom is 0.132 e. The summed E-state index contributed by atoms with van der Waals surface area (Å²) in [6.07, 6.45) is 3.65. The molecule has 1 aromatic heterocycles. The minimum absolute atomic E-state index is 0.464. The van der Waals surface area contributed by atoms with Crippen LogP contribution in [-0.2, 0) is 13.0 Å². The number of hydrogen-bond donors (Lipinski definition) is 0. The average molecular weight is 395 g/mol. The van der Waals surface area contributed by atoms with Gasteiger partial charge in [-0.3, -0.25) is 4.90 Å². The molecule has 4 nitrogen and oxygen atoms in total. The zero-order chi connectivity index (χ0) is 19.5.